The fraction of sp³-hybridized carbons (Fsp3) is 0.444. The Balaban J connectivity index is 1.92. The lowest BCUT2D eigenvalue weighted by atomic mass is 10.5. The van der Waals surface area contributed by atoms with E-state index in [0.717, 1.165) is 12.8 Å². The first kappa shape index (κ1) is 11.2. The summed E-state index contributed by atoms with van der Waals surface area (Å²) in [6, 6.07) is 0.410. The summed E-state index contributed by atoms with van der Waals surface area (Å²) in [5.41, 5.74) is 5.72. The number of anilines is 1. The van der Waals surface area contributed by atoms with Crippen LogP contribution in [0.4, 0.5) is 5.82 Å². The van der Waals surface area contributed by atoms with Gasteiger partial charge in [-0.3, -0.25) is 0 Å². The van der Waals surface area contributed by atoms with Crippen molar-refractivity contribution in [3.8, 4) is 5.75 Å². The molecule has 8 nitrogen and oxygen atoms in total. The molecule has 2 heterocycles. The average molecular weight is 265 g/mol. The second-order valence-electron chi connectivity index (χ2n) is 3.84. The van der Waals surface area contributed by atoms with E-state index in [2.05, 4.69) is 25.5 Å². The van der Waals surface area contributed by atoms with E-state index in [0.29, 0.717) is 27.8 Å². The van der Waals surface area contributed by atoms with Gasteiger partial charge in [0.2, 0.25) is 5.16 Å². The van der Waals surface area contributed by atoms with Crippen molar-refractivity contribution in [3.05, 3.63) is 6.33 Å². The Labute approximate surface area is 107 Å². The van der Waals surface area contributed by atoms with E-state index in [1.165, 1.54) is 25.2 Å². The molecule has 94 valence electrons. The molecule has 1 fully saturated rings. The van der Waals surface area contributed by atoms with Crippen molar-refractivity contribution < 1.29 is 4.74 Å². The summed E-state index contributed by atoms with van der Waals surface area (Å²) in [7, 11) is 1.53. The number of tetrazole rings is 1. The molecular formula is C9H11N7OS. The van der Waals surface area contributed by atoms with Crippen molar-refractivity contribution in [3.63, 3.8) is 0 Å². The Hall–Kier alpha value is -1.90. The molecule has 2 N–H and O–H groups in total. The van der Waals surface area contributed by atoms with Gasteiger partial charge < -0.3 is 10.5 Å². The normalized spacial score (nSPS) is 14.7. The van der Waals surface area contributed by atoms with Crippen LogP contribution in [0, 0.1) is 0 Å². The Bertz CT molecular complexity index is 568. The molecule has 0 aromatic carbocycles. The molecule has 9 heteroatoms. The summed E-state index contributed by atoms with van der Waals surface area (Å²) in [6.07, 6.45) is 3.62. The second kappa shape index (κ2) is 4.41. The maximum atomic E-state index is 5.72. The molecular weight excluding hydrogens is 254 g/mol. The number of hydrogen-bond acceptors (Lipinski definition) is 8. The molecule has 2 aromatic heterocycles. The molecule has 0 bridgehead atoms. The van der Waals surface area contributed by atoms with Crippen LogP contribution in [0.15, 0.2) is 16.5 Å². The predicted molar refractivity (Wildman–Crippen MR) is 63.2 cm³/mol. The van der Waals surface area contributed by atoms with E-state index in [9.17, 15) is 0 Å². The molecule has 2 aromatic rings. The highest BCUT2D eigenvalue weighted by molar-refractivity contribution is 7.99. The van der Waals surface area contributed by atoms with Crippen LogP contribution in [-0.2, 0) is 0 Å². The van der Waals surface area contributed by atoms with Crippen LogP contribution in [-0.4, -0.2) is 37.3 Å². The van der Waals surface area contributed by atoms with Crippen LogP contribution in [0.5, 0.6) is 5.75 Å². The summed E-state index contributed by atoms with van der Waals surface area (Å²) >= 11 is 1.33. The van der Waals surface area contributed by atoms with Crippen molar-refractivity contribution in [2.45, 2.75) is 29.1 Å². The molecule has 0 radical (unpaired) electrons. The molecule has 0 saturated heterocycles. The SMILES string of the molecule is COc1c(N)ncnc1Sc1nnnn1C1CC1. The number of nitrogen functional groups attached to an aromatic ring is 1. The standard InChI is InChI=1S/C9H11N7OS/c1-17-6-7(10)11-4-12-8(6)18-9-13-14-15-16(9)5-2-3-5/h4-5H,2-3H2,1H3,(H2,10,11,12). The van der Waals surface area contributed by atoms with Gasteiger partial charge in [0, 0.05) is 0 Å². The van der Waals surface area contributed by atoms with Gasteiger partial charge in [-0.25, -0.2) is 14.6 Å². The fourth-order valence-electron chi connectivity index (χ4n) is 1.52. The van der Waals surface area contributed by atoms with Crippen LogP contribution < -0.4 is 10.5 Å². The van der Waals surface area contributed by atoms with Gasteiger partial charge in [-0.15, -0.1) is 5.10 Å². The zero-order valence-corrected chi connectivity index (χ0v) is 10.5. The Morgan fingerprint density at radius 2 is 2.28 bits per heavy atom. The zero-order valence-electron chi connectivity index (χ0n) is 9.65. The van der Waals surface area contributed by atoms with Gasteiger partial charge >= 0.3 is 0 Å². The maximum Gasteiger partial charge on any atom is 0.216 e. The summed E-state index contributed by atoms with van der Waals surface area (Å²) in [5.74, 6) is 0.758. The number of hydrogen-bond donors (Lipinski definition) is 1. The first-order valence-corrected chi connectivity index (χ1v) is 6.21. The number of methoxy groups -OCH3 is 1. The lowest BCUT2D eigenvalue weighted by Crippen LogP contribution is -2.01. The largest absolute Gasteiger partial charge is 0.490 e. The van der Waals surface area contributed by atoms with Crippen LogP contribution >= 0.6 is 11.8 Å². The minimum atomic E-state index is 0.306. The van der Waals surface area contributed by atoms with E-state index in [1.807, 2.05) is 4.68 Å². The van der Waals surface area contributed by atoms with Gasteiger partial charge in [-0.2, -0.15) is 0 Å². The number of ether oxygens (including phenoxy) is 1. The van der Waals surface area contributed by atoms with E-state index < -0.39 is 0 Å². The van der Waals surface area contributed by atoms with E-state index >= 15 is 0 Å². The van der Waals surface area contributed by atoms with Crippen molar-refractivity contribution in [2.75, 3.05) is 12.8 Å². The molecule has 0 spiro atoms. The lowest BCUT2D eigenvalue weighted by Gasteiger charge is -2.07. The summed E-state index contributed by atoms with van der Waals surface area (Å²) in [6.45, 7) is 0. The first-order valence-electron chi connectivity index (χ1n) is 5.39. The number of nitrogens with two attached hydrogens (primary N) is 1. The summed E-state index contributed by atoms with van der Waals surface area (Å²) in [4.78, 5) is 8.02. The van der Waals surface area contributed by atoms with Crippen molar-refractivity contribution in [1.82, 2.24) is 30.2 Å². The minimum Gasteiger partial charge on any atom is -0.490 e. The molecule has 1 aliphatic rings. The van der Waals surface area contributed by atoms with Gasteiger partial charge in [0.15, 0.2) is 16.6 Å². The van der Waals surface area contributed by atoms with Gasteiger partial charge in [0.05, 0.1) is 13.2 Å². The lowest BCUT2D eigenvalue weighted by molar-refractivity contribution is 0.401. The van der Waals surface area contributed by atoms with Gasteiger partial charge in [0.25, 0.3) is 0 Å². The van der Waals surface area contributed by atoms with Crippen LogP contribution in [0.2, 0.25) is 0 Å². The topological polar surface area (TPSA) is 105 Å². The molecule has 0 amide bonds. The number of rotatable bonds is 4. The number of nitrogens with zero attached hydrogens (tertiary/aromatic N) is 6. The van der Waals surface area contributed by atoms with Crippen LogP contribution in [0.25, 0.3) is 0 Å². The third-order valence-corrected chi connectivity index (χ3v) is 3.48. The minimum absolute atomic E-state index is 0.306. The highest BCUT2D eigenvalue weighted by Gasteiger charge is 2.28. The predicted octanol–water partition coefficient (Wildman–Crippen LogP) is 0.540. The highest BCUT2D eigenvalue weighted by Crippen LogP contribution is 2.39. The third-order valence-electron chi connectivity index (χ3n) is 2.55. The number of aromatic nitrogens is 6. The van der Waals surface area contributed by atoms with Gasteiger partial charge in [-0.1, -0.05) is 0 Å². The molecule has 3 rings (SSSR count). The quantitative estimate of drug-likeness (QED) is 0.798. The van der Waals surface area contributed by atoms with Crippen LogP contribution in [0.1, 0.15) is 18.9 Å². The third kappa shape index (κ3) is 1.96. The Kier molecular flexibility index (Phi) is 2.74. The smallest absolute Gasteiger partial charge is 0.216 e. The molecule has 1 aliphatic carbocycles. The Morgan fingerprint density at radius 3 is 3.00 bits per heavy atom. The molecule has 18 heavy (non-hydrogen) atoms. The molecule has 0 atom stereocenters. The average Bonchev–Trinajstić information content (AvgIpc) is 3.11. The highest BCUT2D eigenvalue weighted by atomic mass is 32.2. The summed E-state index contributed by atoms with van der Waals surface area (Å²) in [5, 5.41) is 12.9. The maximum absolute atomic E-state index is 5.72. The first-order chi connectivity index (χ1) is 8.79. The fourth-order valence-corrected chi connectivity index (χ4v) is 2.43. The van der Waals surface area contributed by atoms with Gasteiger partial charge in [-0.05, 0) is 35.0 Å². The zero-order chi connectivity index (χ0) is 12.5. The van der Waals surface area contributed by atoms with E-state index in [1.54, 1.807) is 0 Å². The Morgan fingerprint density at radius 1 is 1.44 bits per heavy atom. The van der Waals surface area contributed by atoms with Crippen molar-refractivity contribution in [1.29, 1.82) is 0 Å². The van der Waals surface area contributed by atoms with Crippen LogP contribution in [0.3, 0.4) is 0 Å². The molecule has 1 saturated carbocycles. The van der Waals surface area contributed by atoms with E-state index in [4.69, 9.17) is 10.5 Å². The summed E-state index contributed by atoms with van der Waals surface area (Å²) < 4.78 is 7.00. The van der Waals surface area contributed by atoms with E-state index in [-0.39, 0.29) is 0 Å². The second-order valence-corrected chi connectivity index (χ2v) is 4.79. The molecule has 0 aliphatic heterocycles. The van der Waals surface area contributed by atoms with Gasteiger partial charge in [0.1, 0.15) is 6.33 Å². The molecule has 0 unspecified atom stereocenters. The van der Waals surface area contributed by atoms with Crippen molar-refractivity contribution >= 4 is 17.6 Å². The monoisotopic (exact) mass is 265 g/mol. The van der Waals surface area contributed by atoms with Crippen molar-refractivity contribution in [2.24, 2.45) is 0 Å².